The van der Waals surface area contributed by atoms with Gasteiger partial charge < -0.3 is 15.2 Å². The molecule has 1 aliphatic heterocycles. The van der Waals surface area contributed by atoms with Crippen LogP contribution in [0, 0.1) is 0 Å². The monoisotopic (exact) mass is 318 g/mol. The molecule has 1 aromatic rings. The molecule has 1 heterocycles. The molecule has 5 nitrogen and oxygen atoms in total. The number of likely N-dealkylation sites (tertiary alicyclic amines) is 1. The maximum Gasteiger partial charge on any atom is 0.234 e. The normalized spacial score (nSPS) is 25.8. The van der Waals surface area contributed by atoms with Gasteiger partial charge in [0.2, 0.25) is 5.91 Å². The minimum absolute atomic E-state index is 0.0652. The molecule has 1 amide bonds. The number of benzene rings is 1. The number of hydrogen-bond acceptors (Lipinski definition) is 4. The predicted molar refractivity (Wildman–Crippen MR) is 88.1 cm³/mol. The summed E-state index contributed by atoms with van der Waals surface area (Å²) in [4.78, 5) is 13.8. The minimum Gasteiger partial charge on any atom is -0.490 e. The highest BCUT2D eigenvalue weighted by Crippen LogP contribution is 2.29. The van der Waals surface area contributed by atoms with E-state index >= 15 is 0 Å². The third-order valence-electron chi connectivity index (χ3n) is 4.97. The number of carbonyl (C=O) groups excluding carboxylic acids is 1. The first-order valence-electron chi connectivity index (χ1n) is 8.48. The Kier molecular flexibility index (Phi) is 5.18. The molecule has 0 spiro atoms. The van der Waals surface area contributed by atoms with Gasteiger partial charge in [0.15, 0.2) is 0 Å². The van der Waals surface area contributed by atoms with Crippen LogP contribution in [0.3, 0.4) is 0 Å². The fraction of sp³-hybridized carbons (Fsp3) is 0.611. The third-order valence-corrected chi connectivity index (χ3v) is 4.97. The Balaban J connectivity index is 1.72. The Hall–Kier alpha value is -1.59. The van der Waals surface area contributed by atoms with Crippen molar-refractivity contribution in [2.45, 2.75) is 56.9 Å². The lowest BCUT2D eigenvalue weighted by molar-refractivity contribution is -0.122. The molecular formula is C18H26N2O3. The van der Waals surface area contributed by atoms with Gasteiger partial charge in [-0.3, -0.25) is 9.69 Å². The van der Waals surface area contributed by atoms with Crippen LogP contribution >= 0.6 is 0 Å². The van der Waals surface area contributed by atoms with E-state index in [2.05, 4.69) is 11.0 Å². The molecule has 0 unspecified atom stereocenters. The maximum atomic E-state index is 11.7. The summed E-state index contributed by atoms with van der Waals surface area (Å²) in [5.41, 5.74) is 6.67. The van der Waals surface area contributed by atoms with Crippen LogP contribution in [-0.4, -0.2) is 42.7 Å². The molecular weight excluding hydrogens is 292 g/mol. The van der Waals surface area contributed by atoms with Crippen molar-refractivity contribution in [3.8, 4) is 5.75 Å². The van der Waals surface area contributed by atoms with Gasteiger partial charge in [-0.15, -0.1) is 0 Å². The van der Waals surface area contributed by atoms with Crippen LogP contribution < -0.4 is 10.5 Å². The molecule has 126 valence electrons. The number of ether oxygens (including phenoxy) is 2. The number of hydrogen-bond donors (Lipinski definition) is 1. The number of nitrogens with zero attached hydrogens (tertiary/aromatic N) is 1. The van der Waals surface area contributed by atoms with Gasteiger partial charge in [0, 0.05) is 25.8 Å². The zero-order valence-electron chi connectivity index (χ0n) is 13.7. The Bertz CT molecular complexity index is 543. The summed E-state index contributed by atoms with van der Waals surface area (Å²) in [6.45, 7) is 1.39. The molecule has 2 aliphatic rings. The van der Waals surface area contributed by atoms with E-state index in [9.17, 15) is 4.79 Å². The molecule has 2 atom stereocenters. The molecule has 1 saturated carbocycles. The Morgan fingerprint density at radius 1 is 1.26 bits per heavy atom. The van der Waals surface area contributed by atoms with Crippen molar-refractivity contribution < 1.29 is 14.3 Å². The molecule has 1 aliphatic carbocycles. The number of para-hydroxylation sites is 1. The van der Waals surface area contributed by atoms with Crippen molar-refractivity contribution in [2.75, 3.05) is 13.7 Å². The highest BCUT2D eigenvalue weighted by molar-refractivity contribution is 5.80. The fourth-order valence-electron chi connectivity index (χ4n) is 3.66. The van der Waals surface area contributed by atoms with Gasteiger partial charge in [0.25, 0.3) is 0 Å². The van der Waals surface area contributed by atoms with Crippen LogP contribution in [0.5, 0.6) is 5.75 Å². The van der Waals surface area contributed by atoms with Crippen molar-refractivity contribution in [1.29, 1.82) is 0 Å². The van der Waals surface area contributed by atoms with Crippen molar-refractivity contribution in [2.24, 2.45) is 5.73 Å². The van der Waals surface area contributed by atoms with E-state index in [1.807, 2.05) is 18.2 Å². The molecule has 3 rings (SSSR count). The van der Waals surface area contributed by atoms with Gasteiger partial charge in [-0.1, -0.05) is 18.2 Å². The molecule has 2 N–H and O–H groups in total. The number of nitrogens with two attached hydrogens (primary N) is 1. The highest BCUT2D eigenvalue weighted by Gasteiger charge is 2.36. The fourth-order valence-corrected chi connectivity index (χ4v) is 3.66. The second-order valence-corrected chi connectivity index (χ2v) is 6.57. The van der Waals surface area contributed by atoms with E-state index in [4.69, 9.17) is 15.2 Å². The van der Waals surface area contributed by atoms with Gasteiger partial charge in [-0.25, -0.2) is 0 Å². The molecule has 0 radical (unpaired) electrons. The molecule has 1 aromatic carbocycles. The summed E-state index contributed by atoms with van der Waals surface area (Å²) in [5.74, 6) is 0.655. The summed E-state index contributed by atoms with van der Waals surface area (Å²) in [5, 5.41) is 0. The molecule has 2 fully saturated rings. The average molecular weight is 318 g/mol. The summed E-state index contributed by atoms with van der Waals surface area (Å²) in [6.07, 6.45) is 5.82. The van der Waals surface area contributed by atoms with Crippen LogP contribution in [0.2, 0.25) is 0 Å². The number of methoxy groups -OCH3 is 1. The van der Waals surface area contributed by atoms with E-state index in [-0.39, 0.29) is 18.1 Å². The van der Waals surface area contributed by atoms with Crippen LogP contribution in [0.15, 0.2) is 24.3 Å². The Morgan fingerprint density at radius 3 is 2.70 bits per heavy atom. The van der Waals surface area contributed by atoms with E-state index in [1.165, 1.54) is 12.8 Å². The predicted octanol–water partition coefficient (Wildman–Crippen LogP) is 2.08. The van der Waals surface area contributed by atoms with Crippen LogP contribution in [0.1, 0.15) is 37.7 Å². The van der Waals surface area contributed by atoms with E-state index < -0.39 is 0 Å². The first kappa shape index (κ1) is 16.3. The topological polar surface area (TPSA) is 64.8 Å². The smallest absolute Gasteiger partial charge is 0.234 e. The van der Waals surface area contributed by atoms with Crippen molar-refractivity contribution in [1.82, 2.24) is 4.90 Å². The van der Waals surface area contributed by atoms with Crippen molar-refractivity contribution in [3.63, 3.8) is 0 Å². The Labute approximate surface area is 137 Å². The van der Waals surface area contributed by atoms with E-state index in [0.29, 0.717) is 19.1 Å². The summed E-state index contributed by atoms with van der Waals surface area (Å²) >= 11 is 0. The first-order valence-corrected chi connectivity index (χ1v) is 8.48. The van der Waals surface area contributed by atoms with Crippen molar-refractivity contribution >= 4 is 5.91 Å². The number of rotatable bonds is 6. The Morgan fingerprint density at radius 2 is 2.00 bits per heavy atom. The second kappa shape index (κ2) is 7.32. The SMILES string of the molecule is CO[C@H]1C[C@@H](C(N)=O)N(Cc2ccccc2OC2CCCC2)C1. The lowest BCUT2D eigenvalue weighted by Crippen LogP contribution is -2.39. The summed E-state index contributed by atoms with van der Waals surface area (Å²) in [7, 11) is 1.68. The first-order chi connectivity index (χ1) is 11.2. The standard InChI is InChI=1S/C18H26N2O3/c1-22-15-10-16(18(19)21)20(12-15)11-13-6-2-5-9-17(13)23-14-7-3-4-8-14/h2,5-6,9,14-16H,3-4,7-8,10-12H2,1H3,(H2,19,21)/t15-,16-/m0/s1. The van der Waals surface area contributed by atoms with Crippen LogP contribution in [-0.2, 0) is 16.1 Å². The van der Waals surface area contributed by atoms with E-state index in [0.717, 1.165) is 30.7 Å². The number of carbonyl (C=O) groups is 1. The molecule has 1 saturated heterocycles. The third kappa shape index (κ3) is 3.85. The van der Waals surface area contributed by atoms with Gasteiger partial charge in [0.1, 0.15) is 5.75 Å². The molecule has 5 heteroatoms. The minimum atomic E-state index is -0.279. The largest absolute Gasteiger partial charge is 0.490 e. The zero-order chi connectivity index (χ0) is 16.2. The van der Waals surface area contributed by atoms with Crippen LogP contribution in [0.4, 0.5) is 0 Å². The maximum absolute atomic E-state index is 11.7. The molecule has 0 bridgehead atoms. The lowest BCUT2D eigenvalue weighted by Gasteiger charge is -2.24. The quantitative estimate of drug-likeness (QED) is 0.872. The molecule has 0 aromatic heterocycles. The van der Waals surface area contributed by atoms with Gasteiger partial charge in [-0.2, -0.15) is 0 Å². The molecule has 23 heavy (non-hydrogen) atoms. The van der Waals surface area contributed by atoms with Crippen molar-refractivity contribution in [3.05, 3.63) is 29.8 Å². The highest BCUT2D eigenvalue weighted by atomic mass is 16.5. The van der Waals surface area contributed by atoms with Gasteiger partial charge in [0.05, 0.1) is 18.2 Å². The number of primary amides is 1. The summed E-state index contributed by atoms with van der Waals surface area (Å²) in [6, 6.07) is 7.85. The van der Waals surface area contributed by atoms with Gasteiger partial charge in [-0.05, 0) is 38.2 Å². The second-order valence-electron chi connectivity index (χ2n) is 6.57. The summed E-state index contributed by atoms with van der Waals surface area (Å²) < 4.78 is 11.6. The van der Waals surface area contributed by atoms with E-state index in [1.54, 1.807) is 7.11 Å². The van der Waals surface area contributed by atoms with Gasteiger partial charge >= 0.3 is 0 Å². The van der Waals surface area contributed by atoms with Crippen LogP contribution in [0.25, 0.3) is 0 Å². The zero-order valence-corrected chi connectivity index (χ0v) is 13.7. The number of amides is 1. The lowest BCUT2D eigenvalue weighted by atomic mass is 10.1. The average Bonchev–Trinajstić information content (AvgIpc) is 3.18.